The Labute approximate surface area is 166 Å². The second kappa shape index (κ2) is 8.49. The number of piperazine rings is 1. The number of rotatable bonds is 5. The standard InChI is InChI=1S/C19H21BrN4O3/c1-14-6-7-16(15(20)12-14)21-19(25)13-22-8-10-23(11-9-22)17-4-2-3-5-18(17)24(26)27/h2-7,12H,8-11,13H2,1H3,(H,21,25). The summed E-state index contributed by atoms with van der Waals surface area (Å²) in [6.07, 6.45) is 0. The summed E-state index contributed by atoms with van der Waals surface area (Å²) in [6.45, 7) is 4.93. The molecule has 142 valence electrons. The smallest absolute Gasteiger partial charge is 0.292 e. The van der Waals surface area contributed by atoms with E-state index in [2.05, 4.69) is 26.1 Å². The minimum absolute atomic E-state index is 0.0707. The van der Waals surface area contributed by atoms with Crippen LogP contribution in [0.4, 0.5) is 17.1 Å². The molecule has 1 saturated heterocycles. The molecule has 2 aromatic rings. The van der Waals surface area contributed by atoms with Crippen molar-refractivity contribution in [3.8, 4) is 0 Å². The minimum Gasteiger partial charge on any atom is -0.363 e. The summed E-state index contributed by atoms with van der Waals surface area (Å²) in [5.41, 5.74) is 2.62. The number of benzene rings is 2. The molecule has 8 heteroatoms. The largest absolute Gasteiger partial charge is 0.363 e. The van der Waals surface area contributed by atoms with Crippen LogP contribution in [0.3, 0.4) is 0 Å². The Kier molecular flexibility index (Phi) is 6.08. The number of carbonyl (C=O) groups excluding carboxylic acids is 1. The molecule has 2 aromatic carbocycles. The average molecular weight is 433 g/mol. The van der Waals surface area contributed by atoms with Crippen LogP contribution in [0, 0.1) is 17.0 Å². The second-order valence-electron chi connectivity index (χ2n) is 6.54. The number of nitro groups is 1. The van der Waals surface area contributed by atoms with Gasteiger partial charge in [0, 0.05) is 36.7 Å². The third kappa shape index (κ3) is 4.84. The Morgan fingerprint density at radius 1 is 1.19 bits per heavy atom. The monoisotopic (exact) mass is 432 g/mol. The van der Waals surface area contributed by atoms with Gasteiger partial charge in [-0.3, -0.25) is 19.8 Å². The molecule has 1 N–H and O–H groups in total. The molecule has 0 aromatic heterocycles. The third-order valence-corrected chi connectivity index (χ3v) is 5.21. The Morgan fingerprint density at radius 3 is 2.56 bits per heavy atom. The fourth-order valence-electron chi connectivity index (χ4n) is 3.15. The number of hydrogen-bond donors (Lipinski definition) is 1. The highest BCUT2D eigenvalue weighted by Crippen LogP contribution is 2.28. The molecule has 0 bridgehead atoms. The quantitative estimate of drug-likeness (QED) is 0.578. The van der Waals surface area contributed by atoms with Crippen LogP contribution in [0.15, 0.2) is 46.9 Å². The van der Waals surface area contributed by atoms with Crippen molar-refractivity contribution in [1.82, 2.24) is 4.90 Å². The van der Waals surface area contributed by atoms with Gasteiger partial charge in [-0.1, -0.05) is 18.2 Å². The Balaban J connectivity index is 1.55. The van der Waals surface area contributed by atoms with Gasteiger partial charge in [-0.25, -0.2) is 0 Å². The van der Waals surface area contributed by atoms with Crippen molar-refractivity contribution in [3.63, 3.8) is 0 Å². The van der Waals surface area contributed by atoms with E-state index >= 15 is 0 Å². The first-order chi connectivity index (χ1) is 12.9. The van der Waals surface area contributed by atoms with Gasteiger partial charge < -0.3 is 10.2 Å². The van der Waals surface area contributed by atoms with Crippen molar-refractivity contribution < 1.29 is 9.72 Å². The number of nitrogens with zero attached hydrogens (tertiary/aromatic N) is 3. The molecule has 1 aliphatic rings. The first-order valence-electron chi connectivity index (χ1n) is 8.71. The molecule has 0 unspecified atom stereocenters. The Morgan fingerprint density at radius 2 is 1.89 bits per heavy atom. The predicted molar refractivity (Wildman–Crippen MR) is 109 cm³/mol. The molecule has 0 radical (unpaired) electrons. The van der Waals surface area contributed by atoms with Crippen molar-refractivity contribution in [2.45, 2.75) is 6.92 Å². The van der Waals surface area contributed by atoms with E-state index in [0.717, 1.165) is 15.7 Å². The van der Waals surface area contributed by atoms with Gasteiger partial charge in [0.25, 0.3) is 5.69 Å². The molecule has 0 atom stereocenters. The van der Waals surface area contributed by atoms with Gasteiger partial charge in [0.15, 0.2) is 0 Å². The van der Waals surface area contributed by atoms with E-state index < -0.39 is 0 Å². The van der Waals surface area contributed by atoms with Crippen molar-refractivity contribution in [3.05, 3.63) is 62.6 Å². The molecule has 3 rings (SSSR count). The summed E-state index contributed by atoms with van der Waals surface area (Å²) in [5, 5.41) is 14.1. The molecule has 1 fully saturated rings. The lowest BCUT2D eigenvalue weighted by molar-refractivity contribution is -0.384. The van der Waals surface area contributed by atoms with Gasteiger partial charge in [0.2, 0.25) is 5.91 Å². The van der Waals surface area contributed by atoms with Crippen molar-refractivity contribution in [2.75, 3.05) is 42.9 Å². The highest BCUT2D eigenvalue weighted by Gasteiger charge is 2.24. The SMILES string of the molecule is Cc1ccc(NC(=O)CN2CCN(c3ccccc3[N+](=O)[O-])CC2)c(Br)c1. The number of amides is 1. The number of anilines is 2. The number of nitro benzene ring substituents is 1. The zero-order valence-electron chi connectivity index (χ0n) is 15.0. The first-order valence-corrected chi connectivity index (χ1v) is 9.50. The molecule has 1 amide bonds. The molecule has 0 saturated carbocycles. The molecule has 1 heterocycles. The van der Waals surface area contributed by atoms with Gasteiger partial charge in [0.05, 0.1) is 17.2 Å². The third-order valence-electron chi connectivity index (χ3n) is 4.56. The number of para-hydroxylation sites is 2. The summed E-state index contributed by atoms with van der Waals surface area (Å²) in [4.78, 5) is 27.3. The topological polar surface area (TPSA) is 78.7 Å². The van der Waals surface area contributed by atoms with Crippen LogP contribution in [-0.4, -0.2) is 48.5 Å². The van der Waals surface area contributed by atoms with Crippen LogP contribution in [0.25, 0.3) is 0 Å². The van der Waals surface area contributed by atoms with E-state index in [4.69, 9.17) is 0 Å². The Bertz CT molecular complexity index is 851. The van der Waals surface area contributed by atoms with E-state index in [-0.39, 0.29) is 16.5 Å². The van der Waals surface area contributed by atoms with E-state index in [0.29, 0.717) is 38.4 Å². The van der Waals surface area contributed by atoms with E-state index in [1.165, 1.54) is 6.07 Å². The lowest BCUT2D eigenvalue weighted by Crippen LogP contribution is -2.48. The summed E-state index contributed by atoms with van der Waals surface area (Å²) in [6, 6.07) is 12.6. The van der Waals surface area contributed by atoms with E-state index in [1.54, 1.807) is 12.1 Å². The van der Waals surface area contributed by atoms with Gasteiger partial charge in [-0.15, -0.1) is 0 Å². The number of nitrogens with one attached hydrogen (secondary N) is 1. The number of hydrogen-bond acceptors (Lipinski definition) is 5. The maximum absolute atomic E-state index is 12.3. The van der Waals surface area contributed by atoms with Gasteiger partial charge in [-0.2, -0.15) is 0 Å². The Hall–Kier alpha value is -2.45. The predicted octanol–water partition coefficient (Wildman–Crippen LogP) is 3.43. The fraction of sp³-hybridized carbons (Fsp3) is 0.316. The maximum atomic E-state index is 12.3. The van der Waals surface area contributed by atoms with Crippen molar-refractivity contribution in [2.24, 2.45) is 0 Å². The molecular formula is C19H21BrN4O3. The summed E-state index contributed by atoms with van der Waals surface area (Å²) >= 11 is 3.46. The van der Waals surface area contributed by atoms with Gasteiger partial charge >= 0.3 is 0 Å². The van der Waals surface area contributed by atoms with Crippen LogP contribution < -0.4 is 10.2 Å². The molecule has 0 aliphatic carbocycles. The zero-order chi connectivity index (χ0) is 19.4. The lowest BCUT2D eigenvalue weighted by Gasteiger charge is -2.35. The number of aryl methyl sites for hydroxylation is 1. The highest BCUT2D eigenvalue weighted by molar-refractivity contribution is 9.10. The molecule has 7 nitrogen and oxygen atoms in total. The second-order valence-corrected chi connectivity index (χ2v) is 7.39. The van der Waals surface area contributed by atoms with Crippen LogP contribution in [0.2, 0.25) is 0 Å². The van der Waals surface area contributed by atoms with Gasteiger partial charge in [0.1, 0.15) is 5.69 Å². The normalized spacial score (nSPS) is 14.8. The van der Waals surface area contributed by atoms with Crippen molar-refractivity contribution >= 4 is 38.9 Å². The zero-order valence-corrected chi connectivity index (χ0v) is 16.6. The average Bonchev–Trinajstić information content (AvgIpc) is 2.64. The lowest BCUT2D eigenvalue weighted by atomic mass is 10.2. The fourth-order valence-corrected chi connectivity index (χ4v) is 3.74. The van der Waals surface area contributed by atoms with Crippen LogP contribution in [0.5, 0.6) is 0 Å². The summed E-state index contributed by atoms with van der Waals surface area (Å²) in [7, 11) is 0. The number of carbonyl (C=O) groups is 1. The first kappa shape index (κ1) is 19.3. The molecular weight excluding hydrogens is 412 g/mol. The highest BCUT2D eigenvalue weighted by atomic mass is 79.9. The molecule has 27 heavy (non-hydrogen) atoms. The van der Waals surface area contributed by atoms with Gasteiger partial charge in [-0.05, 0) is 46.6 Å². The van der Waals surface area contributed by atoms with Crippen LogP contribution in [0.1, 0.15) is 5.56 Å². The molecule has 1 aliphatic heterocycles. The van der Waals surface area contributed by atoms with E-state index in [1.807, 2.05) is 36.1 Å². The number of halogens is 1. The summed E-state index contributed by atoms with van der Waals surface area (Å²) < 4.78 is 0.858. The maximum Gasteiger partial charge on any atom is 0.292 e. The van der Waals surface area contributed by atoms with Crippen LogP contribution >= 0.6 is 15.9 Å². The van der Waals surface area contributed by atoms with E-state index in [9.17, 15) is 14.9 Å². The van der Waals surface area contributed by atoms with Crippen LogP contribution in [-0.2, 0) is 4.79 Å². The minimum atomic E-state index is -0.353. The molecule has 0 spiro atoms. The van der Waals surface area contributed by atoms with Crippen molar-refractivity contribution in [1.29, 1.82) is 0 Å². The summed E-state index contributed by atoms with van der Waals surface area (Å²) in [5.74, 6) is -0.0707.